The van der Waals surface area contributed by atoms with Crippen molar-refractivity contribution in [3.05, 3.63) is 30.3 Å². The van der Waals surface area contributed by atoms with E-state index in [-0.39, 0.29) is 0 Å². The highest BCUT2D eigenvalue weighted by molar-refractivity contribution is 5.20. The first-order chi connectivity index (χ1) is 9.34. The van der Waals surface area contributed by atoms with Crippen molar-refractivity contribution < 1.29 is 4.74 Å². The summed E-state index contributed by atoms with van der Waals surface area (Å²) in [6.45, 7) is 7.84. The topological polar surface area (TPSA) is 24.5 Å². The molecule has 1 aromatic rings. The van der Waals surface area contributed by atoms with E-state index in [4.69, 9.17) is 4.74 Å². The van der Waals surface area contributed by atoms with Gasteiger partial charge in [0, 0.05) is 19.1 Å². The van der Waals surface area contributed by atoms with Crippen LogP contribution in [0.1, 0.15) is 26.2 Å². The number of hydrogen-bond donors (Lipinski definition) is 1. The lowest BCUT2D eigenvalue weighted by molar-refractivity contribution is 0.259. The average Bonchev–Trinajstić information content (AvgIpc) is 2.64. The second-order valence-corrected chi connectivity index (χ2v) is 5.35. The van der Waals surface area contributed by atoms with E-state index in [1.807, 2.05) is 30.3 Å². The van der Waals surface area contributed by atoms with Crippen molar-refractivity contribution in [1.29, 1.82) is 0 Å². The van der Waals surface area contributed by atoms with Crippen LogP contribution >= 0.6 is 0 Å². The Kier molecular flexibility index (Phi) is 6.18. The zero-order valence-corrected chi connectivity index (χ0v) is 12.0. The van der Waals surface area contributed by atoms with E-state index < -0.39 is 0 Å². The van der Waals surface area contributed by atoms with Gasteiger partial charge in [0.05, 0.1) is 6.61 Å². The lowest BCUT2D eigenvalue weighted by Crippen LogP contribution is -2.29. The summed E-state index contributed by atoms with van der Waals surface area (Å²) >= 11 is 0. The van der Waals surface area contributed by atoms with E-state index >= 15 is 0 Å². The molecule has 0 saturated carbocycles. The summed E-state index contributed by atoms with van der Waals surface area (Å²) in [7, 11) is 0. The summed E-state index contributed by atoms with van der Waals surface area (Å²) in [5.41, 5.74) is 0. The quantitative estimate of drug-likeness (QED) is 0.797. The van der Waals surface area contributed by atoms with Gasteiger partial charge in [-0.15, -0.1) is 0 Å². The molecule has 1 atom stereocenters. The zero-order chi connectivity index (χ0) is 13.3. The van der Waals surface area contributed by atoms with Crippen LogP contribution in [0.2, 0.25) is 0 Å². The minimum Gasteiger partial charge on any atom is -0.494 e. The lowest BCUT2D eigenvalue weighted by Gasteiger charge is -2.19. The highest BCUT2D eigenvalue weighted by Crippen LogP contribution is 2.09. The molecular weight excluding hydrogens is 236 g/mol. The van der Waals surface area contributed by atoms with Gasteiger partial charge >= 0.3 is 0 Å². The Morgan fingerprint density at radius 1 is 1.21 bits per heavy atom. The summed E-state index contributed by atoms with van der Waals surface area (Å²) in [6, 6.07) is 10.7. The van der Waals surface area contributed by atoms with E-state index in [2.05, 4.69) is 17.1 Å². The summed E-state index contributed by atoms with van der Waals surface area (Å²) in [4.78, 5) is 2.57. The molecule has 1 N–H and O–H groups in total. The summed E-state index contributed by atoms with van der Waals surface area (Å²) in [5, 5.41) is 3.53. The zero-order valence-electron chi connectivity index (χ0n) is 12.0. The fraction of sp³-hybridized carbons (Fsp3) is 0.625. The number of benzene rings is 1. The maximum Gasteiger partial charge on any atom is 0.119 e. The molecule has 0 amide bonds. The van der Waals surface area contributed by atoms with Gasteiger partial charge in [-0.05, 0) is 51.4 Å². The van der Waals surface area contributed by atoms with Crippen molar-refractivity contribution in [2.75, 3.05) is 32.8 Å². The van der Waals surface area contributed by atoms with Gasteiger partial charge in [0.2, 0.25) is 0 Å². The normalized spacial score (nSPS) is 21.0. The molecule has 0 aromatic heterocycles. The Labute approximate surface area is 116 Å². The summed E-state index contributed by atoms with van der Waals surface area (Å²) in [5.74, 6) is 0.982. The molecule has 1 fully saturated rings. The Morgan fingerprint density at radius 3 is 2.89 bits per heavy atom. The number of hydrogen-bond acceptors (Lipinski definition) is 3. The molecule has 2 rings (SSSR count). The van der Waals surface area contributed by atoms with Crippen LogP contribution in [0.5, 0.6) is 5.75 Å². The van der Waals surface area contributed by atoms with Crippen LogP contribution in [0, 0.1) is 0 Å². The molecule has 1 saturated heterocycles. The van der Waals surface area contributed by atoms with Gasteiger partial charge in [-0.25, -0.2) is 0 Å². The minimum atomic E-state index is 0.673. The van der Waals surface area contributed by atoms with Crippen molar-refractivity contribution in [1.82, 2.24) is 10.2 Å². The van der Waals surface area contributed by atoms with E-state index in [1.54, 1.807) is 0 Å². The predicted octanol–water partition coefficient (Wildman–Crippen LogP) is 2.53. The van der Waals surface area contributed by atoms with Crippen LogP contribution in [0.4, 0.5) is 0 Å². The molecule has 0 aliphatic carbocycles. The lowest BCUT2D eigenvalue weighted by atomic mass is 10.2. The first kappa shape index (κ1) is 14.4. The van der Waals surface area contributed by atoms with Gasteiger partial charge in [0.1, 0.15) is 5.75 Å². The SMILES string of the molecule is CC1CCN(CCCCOc2ccccc2)CCN1. The molecule has 19 heavy (non-hydrogen) atoms. The summed E-state index contributed by atoms with van der Waals surface area (Å²) < 4.78 is 5.71. The Morgan fingerprint density at radius 2 is 2.05 bits per heavy atom. The number of rotatable bonds is 6. The second kappa shape index (κ2) is 8.18. The first-order valence-electron chi connectivity index (χ1n) is 7.48. The van der Waals surface area contributed by atoms with E-state index in [1.165, 1.54) is 32.5 Å². The first-order valence-corrected chi connectivity index (χ1v) is 7.48. The van der Waals surface area contributed by atoms with Crippen LogP contribution < -0.4 is 10.1 Å². The Bertz CT molecular complexity index is 342. The average molecular weight is 262 g/mol. The fourth-order valence-corrected chi connectivity index (χ4v) is 2.43. The molecule has 1 aromatic carbocycles. The molecular formula is C16H26N2O. The number of unbranched alkanes of at least 4 members (excludes halogenated alkanes) is 1. The van der Waals surface area contributed by atoms with Gasteiger partial charge in [-0.3, -0.25) is 0 Å². The molecule has 1 aliphatic rings. The standard InChI is InChI=1S/C16H26N2O/c1-15-9-12-18(13-10-17-15)11-5-6-14-19-16-7-3-2-4-8-16/h2-4,7-8,15,17H,5-6,9-14H2,1H3. The predicted molar refractivity (Wildman–Crippen MR) is 79.7 cm³/mol. The molecule has 1 aliphatic heterocycles. The van der Waals surface area contributed by atoms with Crippen molar-refractivity contribution in [3.63, 3.8) is 0 Å². The van der Waals surface area contributed by atoms with Gasteiger partial charge in [0.15, 0.2) is 0 Å². The Balaban J connectivity index is 1.54. The van der Waals surface area contributed by atoms with Crippen LogP contribution in [-0.4, -0.2) is 43.7 Å². The maximum absolute atomic E-state index is 5.71. The molecule has 1 heterocycles. The molecule has 3 nitrogen and oxygen atoms in total. The fourth-order valence-electron chi connectivity index (χ4n) is 2.43. The molecule has 1 unspecified atom stereocenters. The monoisotopic (exact) mass is 262 g/mol. The third-order valence-corrected chi connectivity index (χ3v) is 3.68. The molecule has 0 spiro atoms. The molecule has 0 radical (unpaired) electrons. The second-order valence-electron chi connectivity index (χ2n) is 5.35. The third-order valence-electron chi connectivity index (χ3n) is 3.68. The smallest absolute Gasteiger partial charge is 0.119 e. The number of nitrogens with one attached hydrogen (secondary N) is 1. The van der Waals surface area contributed by atoms with Gasteiger partial charge in [-0.1, -0.05) is 18.2 Å². The van der Waals surface area contributed by atoms with Crippen molar-refractivity contribution in [2.45, 2.75) is 32.2 Å². The largest absolute Gasteiger partial charge is 0.494 e. The van der Waals surface area contributed by atoms with E-state index in [0.29, 0.717) is 6.04 Å². The van der Waals surface area contributed by atoms with Crippen molar-refractivity contribution >= 4 is 0 Å². The number of para-hydroxylation sites is 1. The highest BCUT2D eigenvalue weighted by atomic mass is 16.5. The third kappa shape index (κ3) is 5.62. The molecule has 106 valence electrons. The van der Waals surface area contributed by atoms with Crippen LogP contribution in [-0.2, 0) is 0 Å². The van der Waals surface area contributed by atoms with Crippen LogP contribution in [0.25, 0.3) is 0 Å². The number of ether oxygens (including phenoxy) is 1. The maximum atomic E-state index is 5.71. The molecule has 0 bridgehead atoms. The van der Waals surface area contributed by atoms with Gasteiger partial charge in [-0.2, -0.15) is 0 Å². The van der Waals surface area contributed by atoms with Crippen molar-refractivity contribution in [3.8, 4) is 5.75 Å². The van der Waals surface area contributed by atoms with E-state index in [9.17, 15) is 0 Å². The van der Waals surface area contributed by atoms with Gasteiger partial charge in [0.25, 0.3) is 0 Å². The van der Waals surface area contributed by atoms with Gasteiger partial charge < -0.3 is 15.0 Å². The highest BCUT2D eigenvalue weighted by Gasteiger charge is 2.11. The minimum absolute atomic E-state index is 0.673. The van der Waals surface area contributed by atoms with Crippen molar-refractivity contribution in [2.24, 2.45) is 0 Å². The Hall–Kier alpha value is -1.06. The van der Waals surface area contributed by atoms with Crippen LogP contribution in [0.15, 0.2) is 30.3 Å². The van der Waals surface area contributed by atoms with E-state index in [0.717, 1.165) is 25.3 Å². The molecule has 3 heteroatoms. The summed E-state index contributed by atoms with van der Waals surface area (Å²) in [6.07, 6.45) is 3.62. The van der Waals surface area contributed by atoms with Crippen LogP contribution in [0.3, 0.4) is 0 Å². The number of nitrogens with zero attached hydrogens (tertiary/aromatic N) is 1.